The first-order valence-electron chi connectivity index (χ1n) is 9.45. The monoisotopic (exact) mass is 384 g/mol. The summed E-state index contributed by atoms with van der Waals surface area (Å²) in [5.41, 5.74) is 1.98. The molecule has 0 saturated heterocycles. The zero-order chi connectivity index (χ0) is 20.1. The van der Waals surface area contributed by atoms with Crippen LogP contribution in [0.2, 0.25) is 0 Å². The SMILES string of the molecule is CC[C@@]1(C)OCc2cnc(C(=O)NC3CCn4nc(C)cc4N(C)C3=O)nc21. The van der Waals surface area contributed by atoms with Gasteiger partial charge in [-0.3, -0.25) is 14.5 Å². The predicted octanol–water partition coefficient (Wildman–Crippen LogP) is 1.30. The molecule has 28 heavy (non-hydrogen) atoms. The number of carbonyl (C=O) groups is 2. The van der Waals surface area contributed by atoms with Gasteiger partial charge < -0.3 is 10.1 Å². The van der Waals surface area contributed by atoms with E-state index in [9.17, 15) is 9.59 Å². The third-order valence-corrected chi connectivity index (χ3v) is 5.58. The average Bonchev–Trinajstić information content (AvgIpc) is 3.21. The van der Waals surface area contributed by atoms with E-state index in [2.05, 4.69) is 20.4 Å². The highest BCUT2D eigenvalue weighted by atomic mass is 16.5. The molecule has 2 aliphatic heterocycles. The first-order valence-corrected chi connectivity index (χ1v) is 9.45. The van der Waals surface area contributed by atoms with Gasteiger partial charge >= 0.3 is 0 Å². The summed E-state index contributed by atoms with van der Waals surface area (Å²) in [5, 5.41) is 7.20. The molecule has 4 heterocycles. The smallest absolute Gasteiger partial charge is 0.289 e. The number of aromatic nitrogens is 4. The Morgan fingerprint density at radius 2 is 2.25 bits per heavy atom. The maximum atomic E-state index is 12.8. The summed E-state index contributed by atoms with van der Waals surface area (Å²) in [6.45, 7) is 6.84. The van der Waals surface area contributed by atoms with Gasteiger partial charge in [0.2, 0.25) is 5.82 Å². The first-order chi connectivity index (χ1) is 13.3. The zero-order valence-corrected chi connectivity index (χ0v) is 16.5. The quantitative estimate of drug-likeness (QED) is 0.856. The maximum absolute atomic E-state index is 12.8. The van der Waals surface area contributed by atoms with Crippen LogP contribution in [0.1, 0.15) is 54.3 Å². The van der Waals surface area contributed by atoms with Crippen LogP contribution in [0.3, 0.4) is 0 Å². The van der Waals surface area contributed by atoms with Crippen LogP contribution in [0.4, 0.5) is 5.82 Å². The summed E-state index contributed by atoms with van der Waals surface area (Å²) in [6.07, 6.45) is 2.83. The molecule has 4 rings (SSSR count). The molecule has 9 nitrogen and oxygen atoms in total. The molecule has 0 aliphatic carbocycles. The van der Waals surface area contributed by atoms with Crippen LogP contribution in [0.5, 0.6) is 0 Å². The summed E-state index contributed by atoms with van der Waals surface area (Å²) in [4.78, 5) is 35.8. The van der Waals surface area contributed by atoms with Gasteiger partial charge in [-0.15, -0.1) is 0 Å². The van der Waals surface area contributed by atoms with Crippen LogP contribution in [0, 0.1) is 6.92 Å². The number of anilines is 1. The molecule has 148 valence electrons. The molecule has 0 radical (unpaired) electrons. The predicted molar refractivity (Wildman–Crippen MR) is 101 cm³/mol. The Kier molecular flexibility index (Phi) is 4.41. The number of rotatable bonds is 3. The molecule has 2 atom stereocenters. The van der Waals surface area contributed by atoms with Gasteiger partial charge in [0, 0.05) is 31.4 Å². The second-order valence-corrected chi connectivity index (χ2v) is 7.52. The number of carbonyl (C=O) groups excluding carboxylic acids is 2. The normalized spacial score (nSPS) is 23.9. The number of nitrogens with one attached hydrogen (secondary N) is 1. The van der Waals surface area contributed by atoms with Crippen molar-refractivity contribution >= 4 is 17.6 Å². The van der Waals surface area contributed by atoms with Gasteiger partial charge in [-0.2, -0.15) is 5.10 Å². The summed E-state index contributed by atoms with van der Waals surface area (Å²) in [6, 6.07) is 1.20. The van der Waals surface area contributed by atoms with Crippen molar-refractivity contribution in [3.63, 3.8) is 0 Å². The van der Waals surface area contributed by atoms with E-state index in [1.54, 1.807) is 17.9 Å². The van der Waals surface area contributed by atoms with Crippen LogP contribution in [-0.2, 0) is 28.3 Å². The number of nitrogens with zero attached hydrogens (tertiary/aromatic N) is 5. The summed E-state index contributed by atoms with van der Waals surface area (Å²) < 4.78 is 7.61. The molecule has 2 aromatic rings. The Labute approximate surface area is 163 Å². The lowest BCUT2D eigenvalue weighted by molar-refractivity contribution is -0.120. The highest BCUT2D eigenvalue weighted by Crippen LogP contribution is 2.36. The number of ether oxygens (including phenoxy) is 1. The Balaban J connectivity index is 1.54. The summed E-state index contributed by atoms with van der Waals surface area (Å²) in [5.74, 6) is 0.131. The van der Waals surface area contributed by atoms with Crippen molar-refractivity contribution in [3.8, 4) is 0 Å². The number of fused-ring (bicyclic) bond motifs is 2. The van der Waals surface area contributed by atoms with Gasteiger partial charge in [0.15, 0.2) is 0 Å². The number of hydrogen-bond donors (Lipinski definition) is 1. The number of aryl methyl sites for hydroxylation is 2. The van der Waals surface area contributed by atoms with E-state index in [4.69, 9.17) is 4.74 Å². The Hall–Kier alpha value is -2.81. The second kappa shape index (κ2) is 6.66. The Morgan fingerprint density at radius 1 is 1.46 bits per heavy atom. The molecular formula is C19H24N6O3. The number of hydrogen-bond acceptors (Lipinski definition) is 6. The fourth-order valence-corrected chi connectivity index (χ4v) is 3.70. The van der Waals surface area contributed by atoms with E-state index in [-0.39, 0.29) is 11.7 Å². The van der Waals surface area contributed by atoms with Crippen LogP contribution in [0.25, 0.3) is 0 Å². The molecular weight excluding hydrogens is 360 g/mol. The van der Waals surface area contributed by atoms with Crippen molar-refractivity contribution in [2.24, 2.45) is 0 Å². The lowest BCUT2D eigenvalue weighted by atomic mass is 9.98. The molecule has 0 bridgehead atoms. The van der Waals surface area contributed by atoms with Gasteiger partial charge in [-0.25, -0.2) is 14.6 Å². The van der Waals surface area contributed by atoms with Crippen molar-refractivity contribution in [1.82, 2.24) is 25.1 Å². The largest absolute Gasteiger partial charge is 0.364 e. The Bertz CT molecular complexity index is 955. The number of likely N-dealkylation sites (N-methyl/N-ethyl adjacent to an activating group) is 1. The van der Waals surface area contributed by atoms with Crippen LogP contribution in [0.15, 0.2) is 12.3 Å². The minimum atomic E-state index is -0.662. The molecule has 0 fully saturated rings. The first kappa shape index (κ1) is 18.5. The van der Waals surface area contributed by atoms with Gasteiger partial charge in [-0.1, -0.05) is 6.92 Å². The van der Waals surface area contributed by atoms with E-state index in [0.29, 0.717) is 19.6 Å². The van der Waals surface area contributed by atoms with Crippen LogP contribution in [-0.4, -0.2) is 44.7 Å². The van der Waals surface area contributed by atoms with Gasteiger partial charge in [0.1, 0.15) is 17.5 Å². The van der Waals surface area contributed by atoms with E-state index < -0.39 is 17.6 Å². The molecule has 2 amide bonds. The van der Waals surface area contributed by atoms with Crippen molar-refractivity contribution in [2.75, 3.05) is 11.9 Å². The highest BCUT2D eigenvalue weighted by molar-refractivity contribution is 6.00. The average molecular weight is 384 g/mol. The molecule has 1 unspecified atom stereocenters. The van der Waals surface area contributed by atoms with Crippen molar-refractivity contribution in [3.05, 3.63) is 35.0 Å². The maximum Gasteiger partial charge on any atom is 0.289 e. The molecule has 0 spiro atoms. The molecule has 9 heteroatoms. The lowest BCUT2D eigenvalue weighted by Gasteiger charge is -2.22. The molecule has 2 aromatic heterocycles. The van der Waals surface area contributed by atoms with Gasteiger partial charge in [-0.05, 0) is 26.7 Å². The van der Waals surface area contributed by atoms with Crippen molar-refractivity contribution < 1.29 is 14.3 Å². The van der Waals surface area contributed by atoms with E-state index in [1.807, 2.05) is 26.8 Å². The lowest BCUT2D eigenvalue weighted by Crippen LogP contribution is -2.47. The molecule has 1 N–H and O–H groups in total. The number of amides is 2. The fourth-order valence-electron chi connectivity index (χ4n) is 3.70. The minimum absolute atomic E-state index is 0.0530. The van der Waals surface area contributed by atoms with Gasteiger partial charge in [0.25, 0.3) is 11.8 Å². The second-order valence-electron chi connectivity index (χ2n) is 7.52. The third kappa shape index (κ3) is 2.95. The van der Waals surface area contributed by atoms with E-state index in [1.165, 1.54) is 4.90 Å². The minimum Gasteiger partial charge on any atom is -0.364 e. The van der Waals surface area contributed by atoms with E-state index in [0.717, 1.165) is 29.2 Å². The molecule has 0 saturated carbocycles. The van der Waals surface area contributed by atoms with Crippen LogP contribution < -0.4 is 10.2 Å². The summed E-state index contributed by atoms with van der Waals surface area (Å²) >= 11 is 0. The standard InChI is InChI=1S/C19H24N6O3/c1-5-19(3)15-12(10-28-19)9-20-16(22-15)17(26)21-13-6-7-25-14(8-11(2)23-25)24(4)18(13)27/h8-9,13H,5-7,10H2,1-4H3,(H,21,26)/t13?,19-/m1/s1. The zero-order valence-electron chi connectivity index (χ0n) is 16.5. The third-order valence-electron chi connectivity index (χ3n) is 5.58. The van der Waals surface area contributed by atoms with Crippen molar-refractivity contribution in [1.29, 1.82) is 0 Å². The van der Waals surface area contributed by atoms with Crippen molar-refractivity contribution in [2.45, 2.75) is 58.4 Å². The highest BCUT2D eigenvalue weighted by Gasteiger charge is 2.37. The fraction of sp³-hybridized carbons (Fsp3) is 0.526. The Morgan fingerprint density at radius 3 is 3.00 bits per heavy atom. The molecule has 0 aromatic carbocycles. The van der Waals surface area contributed by atoms with Crippen LogP contribution >= 0.6 is 0 Å². The molecule has 2 aliphatic rings. The summed E-state index contributed by atoms with van der Waals surface area (Å²) in [7, 11) is 1.69. The topological polar surface area (TPSA) is 102 Å². The van der Waals surface area contributed by atoms with E-state index >= 15 is 0 Å². The van der Waals surface area contributed by atoms with Gasteiger partial charge in [0.05, 0.1) is 18.0 Å².